The highest BCUT2D eigenvalue weighted by molar-refractivity contribution is 5.71. The molecule has 0 bridgehead atoms. The summed E-state index contributed by atoms with van der Waals surface area (Å²) < 4.78 is 6.99. The van der Waals surface area contributed by atoms with Gasteiger partial charge in [-0.15, -0.1) is 0 Å². The summed E-state index contributed by atoms with van der Waals surface area (Å²) in [5, 5.41) is 11.7. The molecule has 2 rings (SSSR count). The average Bonchev–Trinajstić information content (AvgIpc) is 3.03. The van der Waals surface area contributed by atoms with Gasteiger partial charge in [-0.05, 0) is 19.4 Å². The summed E-state index contributed by atoms with van der Waals surface area (Å²) in [6, 6.07) is 8.65. The standard InChI is InChI=1S/C17H21N3O4/c1-12(2)20-11-18-9-15(20)14(8-16(21)22)19-17(23)24-10-13-6-4-3-5-7-13/h3-7,9,11-12,14H,8,10H2,1-2H3,(H,19,23)(H,21,22)/t14-/m1/s1. The summed E-state index contributed by atoms with van der Waals surface area (Å²) in [7, 11) is 0. The Morgan fingerprint density at radius 1 is 1.29 bits per heavy atom. The Labute approximate surface area is 140 Å². The second-order valence-electron chi connectivity index (χ2n) is 5.68. The molecular weight excluding hydrogens is 310 g/mol. The molecule has 1 aromatic carbocycles. The molecule has 7 heteroatoms. The predicted molar refractivity (Wildman–Crippen MR) is 87.4 cm³/mol. The Bertz CT molecular complexity index is 682. The first-order valence-electron chi connectivity index (χ1n) is 7.68. The normalized spacial score (nSPS) is 12.0. The zero-order valence-electron chi connectivity index (χ0n) is 13.7. The second-order valence-corrected chi connectivity index (χ2v) is 5.68. The fourth-order valence-corrected chi connectivity index (χ4v) is 2.33. The van der Waals surface area contributed by atoms with E-state index in [1.807, 2.05) is 48.7 Å². The largest absolute Gasteiger partial charge is 0.481 e. The third kappa shape index (κ3) is 4.84. The van der Waals surface area contributed by atoms with Crippen LogP contribution in [0.1, 0.15) is 43.6 Å². The number of amides is 1. The van der Waals surface area contributed by atoms with E-state index in [0.29, 0.717) is 5.69 Å². The van der Waals surface area contributed by atoms with Gasteiger partial charge in [-0.25, -0.2) is 9.78 Å². The van der Waals surface area contributed by atoms with E-state index in [1.165, 1.54) is 0 Å². The number of nitrogens with zero attached hydrogens (tertiary/aromatic N) is 2. The number of benzene rings is 1. The van der Waals surface area contributed by atoms with E-state index in [9.17, 15) is 9.59 Å². The van der Waals surface area contributed by atoms with Crippen molar-refractivity contribution in [1.82, 2.24) is 14.9 Å². The Hall–Kier alpha value is -2.83. The molecule has 0 aliphatic carbocycles. The van der Waals surface area contributed by atoms with Crippen molar-refractivity contribution in [3.63, 3.8) is 0 Å². The van der Waals surface area contributed by atoms with E-state index < -0.39 is 18.1 Å². The Kier molecular flexibility index (Phi) is 5.95. The number of alkyl carbamates (subject to hydrolysis) is 1. The maximum Gasteiger partial charge on any atom is 0.408 e. The number of carboxylic acids is 1. The summed E-state index contributed by atoms with van der Waals surface area (Å²) in [4.78, 5) is 27.2. The van der Waals surface area contributed by atoms with Crippen molar-refractivity contribution in [2.45, 2.75) is 39.0 Å². The van der Waals surface area contributed by atoms with E-state index in [4.69, 9.17) is 9.84 Å². The molecule has 0 aliphatic heterocycles. The van der Waals surface area contributed by atoms with Crippen LogP contribution >= 0.6 is 0 Å². The van der Waals surface area contributed by atoms with E-state index in [0.717, 1.165) is 5.56 Å². The topological polar surface area (TPSA) is 93.5 Å². The van der Waals surface area contributed by atoms with Crippen LogP contribution in [-0.4, -0.2) is 26.7 Å². The quantitative estimate of drug-likeness (QED) is 0.813. The van der Waals surface area contributed by atoms with Gasteiger partial charge in [-0.2, -0.15) is 0 Å². The van der Waals surface area contributed by atoms with Crippen LogP contribution in [0.4, 0.5) is 4.79 Å². The number of ether oxygens (including phenoxy) is 1. The van der Waals surface area contributed by atoms with Crippen LogP contribution in [0.2, 0.25) is 0 Å². The maximum absolute atomic E-state index is 12.0. The van der Waals surface area contributed by atoms with E-state index in [1.54, 1.807) is 12.5 Å². The fourth-order valence-electron chi connectivity index (χ4n) is 2.33. The molecular formula is C17H21N3O4. The predicted octanol–water partition coefficient (Wildman–Crippen LogP) is 2.91. The molecule has 0 saturated heterocycles. The lowest BCUT2D eigenvalue weighted by Gasteiger charge is -2.20. The van der Waals surface area contributed by atoms with Crippen LogP contribution in [0.5, 0.6) is 0 Å². The van der Waals surface area contributed by atoms with Gasteiger partial charge in [0, 0.05) is 6.04 Å². The first-order valence-corrected chi connectivity index (χ1v) is 7.68. The molecule has 1 amide bonds. The third-order valence-electron chi connectivity index (χ3n) is 3.49. The van der Waals surface area contributed by atoms with Crippen molar-refractivity contribution < 1.29 is 19.4 Å². The molecule has 0 unspecified atom stereocenters. The van der Waals surface area contributed by atoms with Crippen molar-refractivity contribution in [1.29, 1.82) is 0 Å². The molecule has 24 heavy (non-hydrogen) atoms. The third-order valence-corrected chi connectivity index (χ3v) is 3.49. The molecule has 1 aromatic heterocycles. The number of carboxylic acid groups (broad SMARTS) is 1. The van der Waals surface area contributed by atoms with Crippen LogP contribution < -0.4 is 5.32 Å². The molecule has 128 valence electrons. The van der Waals surface area contributed by atoms with E-state index >= 15 is 0 Å². The van der Waals surface area contributed by atoms with Crippen LogP contribution in [-0.2, 0) is 16.1 Å². The summed E-state index contributed by atoms with van der Waals surface area (Å²) in [6.45, 7) is 4.03. The highest BCUT2D eigenvalue weighted by Gasteiger charge is 2.23. The monoisotopic (exact) mass is 331 g/mol. The minimum Gasteiger partial charge on any atom is -0.481 e. The Morgan fingerprint density at radius 2 is 2.00 bits per heavy atom. The highest BCUT2D eigenvalue weighted by atomic mass is 16.5. The number of aromatic nitrogens is 2. The maximum atomic E-state index is 12.0. The smallest absolute Gasteiger partial charge is 0.408 e. The van der Waals surface area contributed by atoms with Crippen molar-refractivity contribution in [2.24, 2.45) is 0 Å². The number of carbonyl (C=O) groups is 2. The molecule has 0 fully saturated rings. The highest BCUT2D eigenvalue weighted by Crippen LogP contribution is 2.20. The summed E-state index contributed by atoms with van der Waals surface area (Å²) >= 11 is 0. The van der Waals surface area contributed by atoms with Gasteiger partial charge in [-0.1, -0.05) is 30.3 Å². The van der Waals surface area contributed by atoms with E-state index in [2.05, 4.69) is 10.3 Å². The van der Waals surface area contributed by atoms with E-state index in [-0.39, 0.29) is 19.1 Å². The molecule has 1 heterocycles. The van der Waals surface area contributed by atoms with Gasteiger partial charge in [0.1, 0.15) is 6.61 Å². The minimum absolute atomic E-state index is 0.0981. The minimum atomic E-state index is -1.01. The molecule has 0 saturated carbocycles. The fraction of sp³-hybridized carbons (Fsp3) is 0.353. The van der Waals surface area contributed by atoms with Crippen LogP contribution in [0.3, 0.4) is 0 Å². The van der Waals surface area contributed by atoms with Crippen LogP contribution in [0.15, 0.2) is 42.9 Å². The first-order chi connectivity index (χ1) is 11.5. The van der Waals surface area contributed by atoms with Gasteiger partial charge in [-0.3, -0.25) is 4.79 Å². The zero-order valence-corrected chi connectivity index (χ0v) is 13.7. The lowest BCUT2D eigenvalue weighted by atomic mass is 10.1. The lowest BCUT2D eigenvalue weighted by molar-refractivity contribution is -0.137. The van der Waals surface area contributed by atoms with Gasteiger partial charge >= 0.3 is 12.1 Å². The Balaban J connectivity index is 2.04. The van der Waals surface area contributed by atoms with Gasteiger partial charge in [0.15, 0.2) is 0 Å². The van der Waals surface area contributed by atoms with Gasteiger partial charge in [0.25, 0.3) is 0 Å². The molecule has 0 radical (unpaired) electrons. The molecule has 2 aromatic rings. The summed E-state index contributed by atoms with van der Waals surface area (Å²) in [5.74, 6) is -1.01. The first kappa shape index (κ1) is 17.5. The van der Waals surface area contributed by atoms with Crippen molar-refractivity contribution in [2.75, 3.05) is 0 Å². The van der Waals surface area contributed by atoms with Crippen molar-refractivity contribution >= 4 is 12.1 Å². The second kappa shape index (κ2) is 8.14. The van der Waals surface area contributed by atoms with Gasteiger partial charge in [0.05, 0.1) is 30.7 Å². The number of hydrogen-bond donors (Lipinski definition) is 2. The number of nitrogens with one attached hydrogen (secondary N) is 1. The summed E-state index contributed by atoms with van der Waals surface area (Å²) in [5.41, 5.74) is 1.48. The molecule has 2 N–H and O–H groups in total. The Morgan fingerprint density at radius 3 is 2.62 bits per heavy atom. The molecule has 1 atom stereocenters. The van der Waals surface area contributed by atoms with Crippen molar-refractivity contribution in [3.05, 3.63) is 54.1 Å². The number of imidazole rings is 1. The SMILES string of the molecule is CC(C)n1cncc1[C@@H](CC(=O)O)NC(=O)OCc1ccccc1. The average molecular weight is 331 g/mol. The number of rotatable bonds is 7. The lowest BCUT2D eigenvalue weighted by Crippen LogP contribution is -2.32. The van der Waals surface area contributed by atoms with Crippen LogP contribution in [0.25, 0.3) is 0 Å². The molecule has 0 aliphatic rings. The molecule has 0 spiro atoms. The van der Waals surface area contributed by atoms with Crippen LogP contribution in [0, 0.1) is 0 Å². The van der Waals surface area contributed by atoms with Crippen molar-refractivity contribution in [3.8, 4) is 0 Å². The number of aliphatic carboxylic acids is 1. The van der Waals surface area contributed by atoms with Gasteiger partial charge in [0.2, 0.25) is 0 Å². The summed E-state index contributed by atoms with van der Waals surface area (Å²) in [6.07, 6.45) is 2.26. The number of carbonyl (C=O) groups excluding carboxylic acids is 1. The zero-order chi connectivity index (χ0) is 17.5. The van der Waals surface area contributed by atoms with Gasteiger partial charge < -0.3 is 19.7 Å². The number of hydrogen-bond acceptors (Lipinski definition) is 4. The molecule has 7 nitrogen and oxygen atoms in total.